The fourth-order valence-electron chi connectivity index (χ4n) is 18.8. The lowest BCUT2D eigenvalue weighted by Crippen LogP contribution is -2.57. The molecule has 1 heteroatoms. The largest absolute Gasteiger partial charge is 0.294 e. The van der Waals surface area contributed by atoms with E-state index >= 15 is 0 Å². The number of nitrogens with zero attached hydrogens (tertiary/aromatic N) is 1. The molecule has 10 rings (SSSR count). The Labute approximate surface area is 310 Å². The molecule has 0 aromatic carbocycles. The van der Waals surface area contributed by atoms with Gasteiger partial charge in [-0.3, -0.25) is 4.90 Å². The maximum Gasteiger partial charge on any atom is 0.0132 e. The number of fused-ring (bicyclic) bond motifs is 7. The zero-order valence-corrected chi connectivity index (χ0v) is 33.3. The van der Waals surface area contributed by atoms with Crippen LogP contribution in [0.2, 0.25) is 0 Å². The number of hydrogen-bond acceptors (Lipinski definition) is 1. The highest BCUT2D eigenvalue weighted by molar-refractivity contribution is 5.10. The first-order valence-electron chi connectivity index (χ1n) is 24.3. The van der Waals surface area contributed by atoms with E-state index in [2.05, 4.69) is 18.7 Å². The van der Waals surface area contributed by atoms with Crippen LogP contribution in [0.3, 0.4) is 0 Å². The summed E-state index contributed by atoms with van der Waals surface area (Å²) < 4.78 is 0. The van der Waals surface area contributed by atoms with Gasteiger partial charge in [-0.05, 0) is 185 Å². The van der Waals surface area contributed by atoms with Crippen LogP contribution in [0.4, 0.5) is 0 Å². The van der Waals surface area contributed by atoms with E-state index in [1.54, 1.807) is 154 Å². The molecule has 0 aromatic rings. The van der Waals surface area contributed by atoms with Crippen LogP contribution in [-0.4, -0.2) is 23.0 Å². The highest BCUT2D eigenvalue weighted by Gasteiger charge is 2.59. The second kappa shape index (κ2) is 14.2. The average molecular weight is 684 g/mol. The van der Waals surface area contributed by atoms with Gasteiger partial charge >= 0.3 is 0 Å². The van der Waals surface area contributed by atoms with Crippen LogP contribution in [-0.2, 0) is 0 Å². The number of rotatable bonds is 5. The molecule has 10 aliphatic rings. The Bertz CT molecular complexity index is 1130. The Kier molecular flexibility index (Phi) is 9.80. The Hall–Kier alpha value is -0.0400. The molecule has 0 heterocycles. The van der Waals surface area contributed by atoms with Gasteiger partial charge in [0.1, 0.15) is 0 Å². The van der Waals surface area contributed by atoms with Crippen molar-refractivity contribution < 1.29 is 0 Å². The quantitative estimate of drug-likeness (QED) is 0.279. The average Bonchev–Trinajstić information content (AvgIpc) is 3.84. The minimum atomic E-state index is 0.585. The van der Waals surface area contributed by atoms with Gasteiger partial charge in [-0.15, -0.1) is 0 Å². The van der Waals surface area contributed by atoms with Gasteiger partial charge in [0.05, 0.1) is 0 Å². The van der Waals surface area contributed by atoms with Crippen molar-refractivity contribution >= 4 is 0 Å². The molecule has 10 saturated carbocycles. The van der Waals surface area contributed by atoms with Crippen LogP contribution in [0.15, 0.2) is 0 Å². The van der Waals surface area contributed by atoms with Gasteiger partial charge in [-0.2, -0.15) is 0 Å². The molecule has 10 fully saturated rings. The maximum absolute atomic E-state index is 3.50. The van der Waals surface area contributed by atoms with E-state index in [4.69, 9.17) is 0 Å². The fraction of sp³-hybridized carbons (Fsp3) is 1.00. The van der Waals surface area contributed by atoms with Crippen molar-refractivity contribution in [3.8, 4) is 0 Å². The Morgan fingerprint density at radius 1 is 0.340 bits per heavy atom. The van der Waals surface area contributed by atoms with E-state index in [1.807, 2.05) is 0 Å². The van der Waals surface area contributed by atoms with Crippen molar-refractivity contribution in [2.45, 2.75) is 218 Å². The van der Waals surface area contributed by atoms with Gasteiger partial charge in [0.15, 0.2) is 0 Å². The van der Waals surface area contributed by atoms with Crippen molar-refractivity contribution in [2.75, 3.05) is 0 Å². The van der Waals surface area contributed by atoms with E-state index in [0.29, 0.717) is 5.41 Å². The summed E-state index contributed by atoms with van der Waals surface area (Å²) in [7, 11) is 0. The summed E-state index contributed by atoms with van der Waals surface area (Å²) in [6.45, 7) is 5.56. The van der Waals surface area contributed by atoms with Gasteiger partial charge in [-0.25, -0.2) is 0 Å². The molecule has 0 aliphatic heterocycles. The first-order valence-corrected chi connectivity index (χ1v) is 24.3. The molecule has 0 N–H and O–H groups in total. The normalized spacial score (nSPS) is 52.1. The molecular weight excluding hydrogens is 603 g/mol. The summed E-state index contributed by atoms with van der Waals surface area (Å²) in [6.07, 6.45) is 45.8. The third-order valence-electron chi connectivity index (χ3n) is 20.6. The molecule has 10 aliphatic carbocycles. The first-order chi connectivity index (χ1) is 24.5. The lowest BCUT2D eigenvalue weighted by Gasteiger charge is -2.54. The van der Waals surface area contributed by atoms with E-state index in [9.17, 15) is 0 Å². The van der Waals surface area contributed by atoms with E-state index in [1.165, 1.54) is 32.1 Å². The second-order valence-electron chi connectivity index (χ2n) is 22.6. The Morgan fingerprint density at radius 2 is 0.920 bits per heavy atom. The molecule has 1 nitrogen and oxygen atoms in total. The lowest BCUT2D eigenvalue weighted by atomic mass is 9.62. The molecule has 0 spiro atoms. The molecule has 0 amide bonds. The van der Waals surface area contributed by atoms with E-state index in [-0.39, 0.29) is 0 Å². The van der Waals surface area contributed by atoms with Crippen molar-refractivity contribution in [1.29, 1.82) is 0 Å². The standard InChI is InChI=1S/C49H81N/c1-49(2)45-20-9-8-17-41(45)42-27-26-39(31-46(42)49)50(38-24-22-33(23-25-38)32-12-4-3-5-13-32)47-21-11-19-43-44(47)30-36-16-10-18-40(48(36)43)37-28-34-14-6-7-15-35(34)29-37/h32-48H,3-31H2,1-2H3. The summed E-state index contributed by atoms with van der Waals surface area (Å²) in [6, 6.07) is 2.77. The minimum absolute atomic E-state index is 0.585. The molecular formula is C49H81N. The summed E-state index contributed by atoms with van der Waals surface area (Å²) in [5.74, 6) is 15.2. The summed E-state index contributed by atoms with van der Waals surface area (Å²) in [4.78, 5) is 3.50. The monoisotopic (exact) mass is 684 g/mol. The summed E-state index contributed by atoms with van der Waals surface area (Å²) >= 11 is 0. The molecule has 13 atom stereocenters. The summed E-state index contributed by atoms with van der Waals surface area (Å²) in [5, 5.41) is 0. The van der Waals surface area contributed by atoms with Crippen LogP contribution in [0.1, 0.15) is 200 Å². The topological polar surface area (TPSA) is 3.24 Å². The molecule has 282 valence electrons. The molecule has 0 bridgehead atoms. The first kappa shape index (κ1) is 34.5. The van der Waals surface area contributed by atoms with Crippen molar-refractivity contribution in [3.05, 3.63) is 0 Å². The lowest BCUT2D eigenvalue weighted by molar-refractivity contribution is -0.0489. The molecule has 13 unspecified atom stereocenters. The van der Waals surface area contributed by atoms with Crippen LogP contribution >= 0.6 is 0 Å². The molecule has 0 aromatic heterocycles. The zero-order chi connectivity index (χ0) is 33.4. The van der Waals surface area contributed by atoms with Crippen molar-refractivity contribution in [2.24, 2.45) is 88.3 Å². The molecule has 0 saturated heterocycles. The van der Waals surface area contributed by atoms with Crippen molar-refractivity contribution in [1.82, 2.24) is 4.90 Å². The highest BCUT2D eigenvalue weighted by Crippen LogP contribution is 2.65. The number of hydrogen-bond donors (Lipinski definition) is 0. The SMILES string of the molecule is CC1(C)C2CCCCC2C2CCC(N(C3CCC(C4CCCCC4)CC3)C3CCCC4C3CC3CCCC(C5CC6CCCCC6C5)C34)CC21. The maximum atomic E-state index is 3.50. The highest BCUT2D eigenvalue weighted by atomic mass is 15.2. The molecule has 0 radical (unpaired) electrons. The second-order valence-corrected chi connectivity index (χ2v) is 22.6. The van der Waals surface area contributed by atoms with Gasteiger partial charge in [0, 0.05) is 18.1 Å². The van der Waals surface area contributed by atoms with Crippen LogP contribution in [0.5, 0.6) is 0 Å². The Balaban J connectivity index is 0.914. The van der Waals surface area contributed by atoms with Crippen LogP contribution < -0.4 is 0 Å². The van der Waals surface area contributed by atoms with Crippen LogP contribution in [0.25, 0.3) is 0 Å². The predicted molar refractivity (Wildman–Crippen MR) is 210 cm³/mol. The summed E-state index contributed by atoms with van der Waals surface area (Å²) in [5.41, 5.74) is 0.585. The predicted octanol–water partition coefficient (Wildman–Crippen LogP) is 13.5. The zero-order valence-electron chi connectivity index (χ0n) is 33.3. The van der Waals surface area contributed by atoms with E-state index in [0.717, 1.165) is 101 Å². The smallest absolute Gasteiger partial charge is 0.0132 e. The minimum Gasteiger partial charge on any atom is -0.294 e. The van der Waals surface area contributed by atoms with Crippen molar-refractivity contribution in [3.63, 3.8) is 0 Å². The van der Waals surface area contributed by atoms with Gasteiger partial charge < -0.3 is 0 Å². The van der Waals surface area contributed by atoms with Gasteiger partial charge in [-0.1, -0.05) is 104 Å². The van der Waals surface area contributed by atoms with E-state index < -0.39 is 0 Å². The third kappa shape index (κ3) is 5.98. The van der Waals surface area contributed by atoms with Gasteiger partial charge in [0.2, 0.25) is 0 Å². The van der Waals surface area contributed by atoms with Crippen LogP contribution in [0, 0.1) is 88.3 Å². The fourth-order valence-corrected chi connectivity index (χ4v) is 18.8. The Morgan fingerprint density at radius 3 is 1.72 bits per heavy atom. The molecule has 50 heavy (non-hydrogen) atoms. The van der Waals surface area contributed by atoms with Gasteiger partial charge in [0.25, 0.3) is 0 Å². The third-order valence-corrected chi connectivity index (χ3v) is 20.6.